The maximum Gasteiger partial charge on any atom is 0.318 e. The van der Waals surface area contributed by atoms with Gasteiger partial charge in [0.1, 0.15) is 18.0 Å². The van der Waals surface area contributed by atoms with Crippen LogP contribution >= 0.6 is 19.1 Å². The van der Waals surface area contributed by atoms with Gasteiger partial charge in [0.25, 0.3) is 0 Å². The summed E-state index contributed by atoms with van der Waals surface area (Å²) in [4.78, 5) is 11.2. The lowest BCUT2D eigenvalue weighted by Crippen LogP contribution is -2.35. The van der Waals surface area contributed by atoms with E-state index in [9.17, 15) is 14.5 Å². The Balaban J connectivity index is 1.83. The summed E-state index contributed by atoms with van der Waals surface area (Å²) in [6, 6.07) is 13.3. The molecule has 2 N–H and O–H groups in total. The number of hydrogen-bond donors (Lipinski definition) is 2. The number of ether oxygens (including phenoxy) is 1. The summed E-state index contributed by atoms with van der Waals surface area (Å²) >= 11 is 5.85. The Hall–Kier alpha value is -1.89. The van der Waals surface area contributed by atoms with Crippen molar-refractivity contribution in [3.8, 4) is 11.5 Å². The minimum atomic E-state index is -3.60. The highest BCUT2D eigenvalue weighted by molar-refractivity contribution is 7.64. The van der Waals surface area contributed by atoms with Gasteiger partial charge in [-0.25, -0.2) is 4.67 Å². The van der Waals surface area contributed by atoms with Crippen molar-refractivity contribution in [3.05, 3.63) is 53.6 Å². The van der Waals surface area contributed by atoms with Gasteiger partial charge in [0.15, 0.2) is 0 Å². The third kappa shape index (κ3) is 4.89. The monoisotopic (exact) mass is 411 g/mol. The van der Waals surface area contributed by atoms with Crippen molar-refractivity contribution in [3.63, 3.8) is 0 Å². The third-order valence-corrected chi connectivity index (χ3v) is 6.83. The Morgan fingerprint density at radius 2 is 1.78 bits per heavy atom. The summed E-state index contributed by atoms with van der Waals surface area (Å²) < 4.78 is 25.9. The molecule has 0 bridgehead atoms. The van der Waals surface area contributed by atoms with Crippen LogP contribution in [0.4, 0.5) is 0 Å². The zero-order chi connectivity index (χ0) is 19.4. The first-order chi connectivity index (χ1) is 12.9. The van der Waals surface area contributed by atoms with Crippen molar-refractivity contribution < 1.29 is 28.8 Å². The van der Waals surface area contributed by atoms with Crippen molar-refractivity contribution in [2.24, 2.45) is 0 Å². The minimum absolute atomic E-state index is 0.0351. The molecule has 0 saturated carbocycles. The van der Waals surface area contributed by atoms with Crippen LogP contribution in [0, 0.1) is 0 Å². The second-order valence-electron chi connectivity index (χ2n) is 6.09. The SMILES string of the molecule is O=C(O)CN1CC(O)CCOP1(=O)c1ccc(Oc2ccc(Cl)cc2)cc1. The number of benzene rings is 2. The summed E-state index contributed by atoms with van der Waals surface area (Å²) in [5, 5.41) is 20.0. The highest BCUT2D eigenvalue weighted by Gasteiger charge is 2.38. The van der Waals surface area contributed by atoms with Crippen LogP contribution in [0.3, 0.4) is 0 Å². The second kappa shape index (κ2) is 8.42. The number of β-amino-alcohol motifs (C(OH)–C–C–N with tert-alkyl or cyclic N) is 1. The van der Waals surface area contributed by atoms with Crippen molar-refractivity contribution in [2.75, 3.05) is 19.7 Å². The molecule has 7 nitrogen and oxygen atoms in total. The molecule has 0 spiro atoms. The van der Waals surface area contributed by atoms with E-state index in [2.05, 4.69) is 0 Å². The van der Waals surface area contributed by atoms with E-state index in [-0.39, 0.29) is 19.6 Å². The summed E-state index contributed by atoms with van der Waals surface area (Å²) in [6.45, 7) is -0.443. The number of carboxylic acids is 1. The minimum Gasteiger partial charge on any atom is -0.480 e. The molecule has 1 saturated heterocycles. The molecule has 1 fully saturated rings. The highest BCUT2D eigenvalue weighted by Crippen LogP contribution is 2.51. The molecular formula is C18H19ClNO6P. The summed E-state index contributed by atoms with van der Waals surface area (Å²) in [5.74, 6) is -0.0249. The summed E-state index contributed by atoms with van der Waals surface area (Å²) in [6.07, 6.45) is -0.509. The molecule has 1 heterocycles. The van der Waals surface area contributed by atoms with Crippen molar-refractivity contribution >= 4 is 30.4 Å². The van der Waals surface area contributed by atoms with E-state index < -0.39 is 26.1 Å². The molecule has 2 aromatic rings. The summed E-state index contributed by atoms with van der Waals surface area (Å²) in [5.41, 5.74) is 0. The van der Waals surface area contributed by atoms with Crippen LogP contribution in [0.5, 0.6) is 11.5 Å². The number of aliphatic hydroxyl groups is 1. The van der Waals surface area contributed by atoms with Gasteiger partial charge in [0.2, 0.25) is 0 Å². The van der Waals surface area contributed by atoms with Gasteiger partial charge in [-0.15, -0.1) is 0 Å². The highest BCUT2D eigenvalue weighted by atomic mass is 35.5. The zero-order valence-corrected chi connectivity index (χ0v) is 16.0. The van der Waals surface area contributed by atoms with Crippen molar-refractivity contribution in [1.29, 1.82) is 0 Å². The van der Waals surface area contributed by atoms with Crippen molar-refractivity contribution in [2.45, 2.75) is 12.5 Å². The number of hydrogen-bond acceptors (Lipinski definition) is 5. The predicted molar refractivity (Wildman–Crippen MR) is 101 cm³/mol. The first-order valence-electron chi connectivity index (χ1n) is 8.31. The first kappa shape index (κ1) is 19.9. The zero-order valence-electron chi connectivity index (χ0n) is 14.3. The van der Waals surface area contributed by atoms with E-state index in [4.69, 9.17) is 26.0 Å². The fourth-order valence-electron chi connectivity index (χ4n) is 2.73. The summed E-state index contributed by atoms with van der Waals surface area (Å²) in [7, 11) is -3.60. The lowest BCUT2D eigenvalue weighted by Gasteiger charge is -2.28. The number of aliphatic carboxylic acids is 1. The van der Waals surface area contributed by atoms with Crippen LogP contribution in [-0.4, -0.2) is 46.7 Å². The number of carboxylic acid groups (broad SMARTS) is 1. The predicted octanol–water partition coefficient (Wildman–Crippen LogP) is 3.12. The van der Waals surface area contributed by atoms with Crippen LogP contribution in [0.25, 0.3) is 0 Å². The number of rotatable bonds is 5. The van der Waals surface area contributed by atoms with Gasteiger partial charge in [0.05, 0.1) is 18.0 Å². The van der Waals surface area contributed by atoms with Gasteiger partial charge in [-0.05, 0) is 55.0 Å². The smallest absolute Gasteiger partial charge is 0.318 e. The number of aliphatic hydroxyl groups excluding tert-OH is 1. The molecule has 1 aliphatic heterocycles. The molecule has 2 unspecified atom stereocenters. The van der Waals surface area contributed by atoms with Gasteiger partial charge >= 0.3 is 13.5 Å². The molecule has 0 aliphatic carbocycles. The number of nitrogens with zero attached hydrogens (tertiary/aromatic N) is 1. The van der Waals surface area contributed by atoms with Gasteiger partial charge in [-0.1, -0.05) is 11.6 Å². The normalized spacial score (nSPS) is 23.6. The standard InChI is InChI=1S/C18H19ClNO6P/c19-13-1-3-15(4-2-13)26-16-5-7-17(8-6-16)27(24)20(12-18(22)23)11-14(21)9-10-25-27/h1-8,14,21H,9-12H2,(H,22,23). The average molecular weight is 412 g/mol. The Bertz CT molecular complexity index is 842. The van der Waals surface area contributed by atoms with E-state index in [1.165, 1.54) is 4.67 Å². The van der Waals surface area contributed by atoms with Crippen molar-refractivity contribution in [1.82, 2.24) is 4.67 Å². The van der Waals surface area contributed by atoms with E-state index in [0.29, 0.717) is 21.8 Å². The molecule has 0 amide bonds. The molecule has 2 aromatic carbocycles. The molecule has 0 radical (unpaired) electrons. The lowest BCUT2D eigenvalue weighted by atomic mass is 10.2. The maximum atomic E-state index is 13.4. The second-order valence-corrected chi connectivity index (χ2v) is 8.90. The quantitative estimate of drug-likeness (QED) is 0.730. The van der Waals surface area contributed by atoms with Gasteiger partial charge in [0, 0.05) is 11.6 Å². The Morgan fingerprint density at radius 3 is 2.37 bits per heavy atom. The third-order valence-electron chi connectivity index (χ3n) is 4.04. The molecule has 9 heteroatoms. The maximum absolute atomic E-state index is 13.4. The Morgan fingerprint density at radius 1 is 1.19 bits per heavy atom. The Kier molecular flexibility index (Phi) is 6.19. The van der Waals surface area contributed by atoms with Crippen LogP contribution < -0.4 is 10.0 Å². The molecule has 1 aliphatic rings. The lowest BCUT2D eigenvalue weighted by molar-refractivity contribution is -0.137. The van der Waals surface area contributed by atoms with E-state index in [1.807, 2.05) is 0 Å². The molecule has 0 aromatic heterocycles. The van der Waals surface area contributed by atoms with Gasteiger partial charge in [-0.2, -0.15) is 0 Å². The molecule has 2 atom stereocenters. The van der Waals surface area contributed by atoms with Crippen LogP contribution in [0.1, 0.15) is 6.42 Å². The molecular weight excluding hydrogens is 393 g/mol. The fourth-order valence-corrected chi connectivity index (χ4v) is 5.08. The van der Waals surface area contributed by atoms with Crippen LogP contribution in [-0.2, 0) is 13.9 Å². The molecule has 3 rings (SSSR count). The first-order valence-corrected chi connectivity index (χ1v) is 10.3. The van der Waals surface area contributed by atoms with E-state index in [1.54, 1.807) is 48.5 Å². The molecule has 144 valence electrons. The largest absolute Gasteiger partial charge is 0.480 e. The van der Waals surface area contributed by atoms with Crippen LogP contribution in [0.15, 0.2) is 48.5 Å². The van der Waals surface area contributed by atoms with E-state index in [0.717, 1.165) is 0 Å². The number of carbonyl (C=O) groups is 1. The van der Waals surface area contributed by atoms with Crippen LogP contribution in [0.2, 0.25) is 5.02 Å². The molecule has 27 heavy (non-hydrogen) atoms. The van der Waals surface area contributed by atoms with Gasteiger partial charge in [-0.3, -0.25) is 9.36 Å². The fraction of sp³-hybridized carbons (Fsp3) is 0.278. The van der Waals surface area contributed by atoms with E-state index >= 15 is 0 Å². The average Bonchev–Trinajstić information content (AvgIpc) is 2.76. The van der Waals surface area contributed by atoms with Gasteiger partial charge < -0.3 is 19.5 Å². The Labute approximate surface area is 161 Å². The topological polar surface area (TPSA) is 96.3 Å². The number of halogens is 1.